The molecular formula is C23H23NO6S. The summed E-state index contributed by atoms with van der Waals surface area (Å²) in [5.41, 5.74) is 1.88. The lowest BCUT2D eigenvalue weighted by molar-refractivity contribution is -0.138. The highest BCUT2D eigenvalue weighted by atomic mass is 32.2. The molecule has 0 radical (unpaired) electrons. The van der Waals surface area contributed by atoms with Crippen LogP contribution < -0.4 is 9.47 Å². The van der Waals surface area contributed by atoms with Gasteiger partial charge >= 0.3 is 5.97 Å². The normalized spacial score (nSPS) is 16.1. The number of aromatic hydroxyl groups is 1. The lowest BCUT2D eigenvalue weighted by Gasteiger charge is -2.08. The van der Waals surface area contributed by atoms with Crippen molar-refractivity contribution in [3.05, 3.63) is 63.8 Å². The molecule has 0 amide bonds. The Balaban J connectivity index is 2.10. The van der Waals surface area contributed by atoms with Crippen LogP contribution in [0.25, 0.3) is 6.08 Å². The van der Waals surface area contributed by atoms with Crippen molar-refractivity contribution in [3.8, 4) is 17.2 Å². The number of rotatable bonds is 6. The number of carbonyl (C=O) groups excluding carboxylic acids is 1. The average Bonchev–Trinajstić information content (AvgIpc) is 3.05. The molecule has 7 nitrogen and oxygen atoms in total. The zero-order valence-electron chi connectivity index (χ0n) is 17.6. The summed E-state index contributed by atoms with van der Waals surface area (Å²) < 4.78 is 15.7. The van der Waals surface area contributed by atoms with Crippen LogP contribution in [0.5, 0.6) is 17.2 Å². The van der Waals surface area contributed by atoms with Gasteiger partial charge in [-0.1, -0.05) is 23.4 Å². The van der Waals surface area contributed by atoms with Crippen LogP contribution in [0.3, 0.4) is 0 Å². The first-order valence-electron chi connectivity index (χ1n) is 9.48. The summed E-state index contributed by atoms with van der Waals surface area (Å²) >= 11 is 1.10. The van der Waals surface area contributed by atoms with E-state index in [1.165, 1.54) is 7.11 Å². The largest absolute Gasteiger partial charge is 0.507 e. The zero-order chi connectivity index (χ0) is 22.5. The summed E-state index contributed by atoms with van der Waals surface area (Å²) in [6.45, 7) is 3.73. The SMILES string of the molecule is CCOC(=O)C1=C(O)C(=Cc2cc(C)ccc2O)SC1=Nc1ccc(OC)cc1OC. The van der Waals surface area contributed by atoms with Crippen molar-refractivity contribution < 1.29 is 29.2 Å². The van der Waals surface area contributed by atoms with Crippen molar-refractivity contribution >= 4 is 34.5 Å². The van der Waals surface area contributed by atoms with Crippen molar-refractivity contribution in [2.24, 2.45) is 4.99 Å². The molecule has 0 aliphatic carbocycles. The number of ether oxygens (including phenoxy) is 3. The molecule has 0 spiro atoms. The number of aliphatic hydroxyl groups excluding tert-OH is 1. The molecule has 2 aromatic carbocycles. The first-order valence-corrected chi connectivity index (χ1v) is 10.3. The Hall–Kier alpha value is -3.39. The number of nitrogens with zero attached hydrogens (tertiary/aromatic N) is 1. The fourth-order valence-electron chi connectivity index (χ4n) is 2.91. The minimum absolute atomic E-state index is 0.0388. The molecule has 0 saturated carbocycles. The second-order valence-corrected chi connectivity index (χ2v) is 7.60. The van der Waals surface area contributed by atoms with Crippen molar-refractivity contribution in [1.29, 1.82) is 0 Å². The number of carbonyl (C=O) groups is 1. The topological polar surface area (TPSA) is 97.6 Å². The Labute approximate surface area is 184 Å². The maximum absolute atomic E-state index is 12.6. The van der Waals surface area contributed by atoms with E-state index in [2.05, 4.69) is 4.99 Å². The summed E-state index contributed by atoms with van der Waals surface area (Å²) in [5, 5.41) is 21.2. The number of phenols is 1. The molecule has 0 fully saturated rings. The molecule has 0 bridgehead atoms. The second kappa shape index (κ2) is 9.61. The third-order valence-electron chi connectivity index (χ3n) is 4.45. The van der Waals surface area contributed by atoms with Gasteiger partial charge in [0.05, 0.1) is 25.7 Å². The van der Waals surface area contributed by atoms with Gasteiger partial charge in [0.25, 0.3) is 0 Å². The minimum Gasteiger partial charge on any atom is -0.507 e. The van der Waals surface area contributed by atoms with E-state index in [0.29, 0.717) is 27.7 Å². The van der Waals surface area contributed by atoms with Crippen molar-refractivity contribution in [2.75, 3.05) is 20.8 Å². The van der Waals surface area contributed by atoms with Gasteiger partial charge in [-0.15, -0.1) is 0 Å². The molecule has 0 saturated heterocycles. The number of phenolic OH excluding ortho intramolecular Hbond substituents is 1. The lowest BCUT2D eigenvalue weighted by Crippen LogP contribution is -2.12. The molecule has 2 aromatic rings. The molecule has 1 aliphatic rings. The summed E-state index contributed by atoms with van der Waals surface area (Å²) in [5.74, 6) is 0.167. The first-order chi connectivity index (χ1) is 14.9. The highest BCUT2D eigenvalue weighted by Crippen LogP contribution is 2.42. The Bertz CT molecular complexity index is 1100. The predicted molar refractivity (Wildman–Crippen MR) is 121 cm³/mol. The highest BCUT2D eigenvalue weighted by molar-refractivity contribution is 8.18. The number of thioether (sulfide) groups is 1. The summed E-state index contributed by atoms with van der Waals surface area (Å²) in [6, 6.07) is 10.2. The molecule has 0 unspecified atom stereocenters. The van der Waals surface area contributed by atoms with Crippen LogP contribution in [0.15, 0.2) is 57.6 Å². The summed E-state index contributed by atoms with van der Waals surface area (Å²) in [4.78, 5) is 17.5. The second-order valence-electron chi connectivity index (χ2n) is 6.57. The van der Waals surface area contributed by atoms with Crippen molar-refractivity contribution in [2.45, 2.75) is 13.8 Å². The summed E-state index contributed by atoms with van der Waals surface area (Å²) in [6.07, 6.45) is 1.61. The fraction of sp³-hybridized carbons (Fsp3) is 0.217. The standard InChI is InChI=1S/C23H23NO6S/c1-5-30-23(27)20-21(26)19(11-14-10-13(2)6-9-17(14)25)31-22(20)24-16-8-7-15(28-3)12-18(16)29-4/h6-12,25-26H,5H2,1-4H3. The van der Waals surface area contributed by atoms with Crippen molar-refractivity contribution in [3.63, 3.8) is 0 Å². The van der Waals surface area contributed by atoms with E-state index in [0.717, 1.165) is 17.3 Å². The number of methoxy groups -OCH3 is 2. The lowest BCUT2D eigenvalue weighted by atomic mass is 10.1. The predicted octanol–water partition coefficient (Wildman–Crippen LogP) is 4.91. The third-order valence-corrected chi connectivity index (χ3v) is 5.47. The van der Waals surface area contributed by atoms with E-state index in [-0.39, 0.29) is 28.7 Å². The number of esters is 1. The number of aliphatic imine (C=N–C) groups is 1. The Morgan fingerprint density at radius 1 is 1.13 bits per heavy atom. The monoisotopic (exact) mass is 441 g/mol. The van der Waals surface area contributed by atoms with Gasteiger partial charge in [0.2, 0.25) is 0 Å². The van der Waals surface area contributed by atoms with Crippen LogP contribution in [-0.4, -0.2) is 42.1 Å². The third kappa shape index (κ3) is 4.86. The number of hydrogen-bond donors (Lipinski definition) is 2. The molecule has 3 rings (SSSR count). The Morgan fingerprint density at radius 3 is 2.58 bits per heavy atom. The molecule has 0 aromatic heterocycles. The number of aliphatic hydroxyl groups is 1. The van der Waals surface area contributed by atoms with E-state index < -0.39 is 5.97 Å². The van der Waals surface area contributed by atoms with E-state index in [4.69, 9.17) is 14.2 Å². The van der Waals surface area contributed by atoms with Crippen LogP contribution >= 0.6 is 11.8 Å². The molecule has 162 valence electrons. The number of benzene rings is 2. The van der Waals surface area contributed by atoms with Gasteiger partial charge < -0.3 is 24.4 Å². The average molecular weight is 442 g/mol. The molecule has 2 N–H and O–H groups in total. The molecule has 31 heavy (non-hydrogen) atoms. The van der Waals surface area contributed by atoms with E-state index in [1.807, 2.05) is 6.92 Å². The van der Waals surface area contributed by atoms with Gasteiger partial charge in [0.1, 0.15) is 39.3 Å². The van der Waals surface area contributed by atoms with Crippen LogP contribution in [0.2, 0.25) is 0 Å². The Morgan fingerprint density at radius 2 is 1.90 bits per heavy atom. The maximum atomic E-state index is 12.6. The van der Waals surface area contributed by atoms with Gasteiger partial charge in [-0.25, -0.2) is 9.79 Å². The number of aryl methyl sites for hydroxylation is 1. The molecule has 0 atom stereocenters. The summed E-state index contributed by atoms with van der Waals surface area (Å²) in [7, 11) is 3.05. The molecule has 8 heteroatoms. The van der Waals surface area contributed by atoms with E-state index in [9.17, 15) is 15.0 Å². The van der Waals surface area contributed by atoms with Crippen LogP contribution in [0.1, 0.15) is 18.1 Å². The van der Waals surface area contributed by atoms with Crippen LogP contribution in [0.4, 0.5) is 5.69 Å². The first kappa shape index (κ1) is 22.3. The fourth-order valence-corrected chi connectivity index (χ4v) is 3.93. The highest BCUT2D eigenvalue weighted by Gasteiger charge is 2.33. The smallest absolute Gasteiger partial charge is 0.344 e. The van der Waals surface area contributed by atoms with Gasteiger partial charge in [-0.2, -0.15) is 0 Å². The zero-order valence-corrected chi connectivity index (χ0v) is 18.4. The van der Waals surface area contributed by atoms with E-state index >= 15 is 0 Å². The van der Waals surface area contributed by atoms with Gasteiger partial charge in [-0.05, 0) is 44.2 Å². The Kier molecular flexibility index (Phi) is 6.91. The minimum atomic E-state index is -0.685. The number of hydrogen-bond acceptors (Lipinski definition) is 8. The van der Waals surface area contributed by atoms with Crippen molar-refractivity contribution in [1.82, 2.24) is 0 Å². The van der Waals surface area contributed by atoms with Crippen LogP contribution in [-0.2, 0) is 9.53 Å². The molecular weight excluding hydrogens is 418 g/mol. The van der Waals surface area contributed by atoms with Crippen LogP contribution in [0, 0.1) is 6.92 Å². The molecule has 1 aliphatic heterocycles. The maximum Gasteiger partial charge on any atom is 0.344 e. The van der Waals surface area contributed by atoms with E-state index in [1.54, 1.807) is 56.5 Å². The van der Waals surface area contributed by atoms with Gasteiger partial charge in [0.15, 0.2) is 0 Å². The van der Waals surface area contributed by atoms with Gasteiger partial charge in [-0.3, -0.25) is 0 Å². The van der Waals surface area contributed by atoms with Gasteiger partial charge in [0, 0.05) is 11.6 Å². The molecule has 1 heterocycles. The quantitative estimate of drug-likeness (QED) is 0.615.